The van der Waals surface area contributed by atoms with Gasteiger partial charge in [0, 0.05) is 11.6 Å². The summed E-state index contributed by atoms with van der Waals surface area (Å²) in [5.74, 6) is 0.491. The Morgan fingerprint density at radius 2 is 1.93 bits per heavy atom. The van der Waals surface area contributed by atoms with E-state index >= 15 is 0 Å². The summed E-state index contributed by atoms with van der Waals surface area (Å²) in [4.78, 5) is 1.37. The molecule has 0 N–H and O–H groups in total. The fourth-order valence-corrected chi connectivity index (χ4v) is 1.52. The van der Waals surface area contributed by atoms with Gasteiger partial charge in [-0.05, 0) is 17.3 Å². The fourth-order valence-electron chi connectivity index (χ4n) is 1.03. The minimum Gasteiger partial charge on any atom is -0.167 e. The molecule has 0 aliphatic carbocycles. The Labute approximate surface area is 90.4 Å². The molecule has 1 aromatic heterocycles. The third kappa shape index (κ3) is 1.86. The van der Waals surface area contributed by atoms with Gasteiger partial charge in [0.25, 0.3) is 0 Å². The third-order valence-electron chi connectivity index (χ3n) is 1.57. The molecule has 0 aliphatic rings. The molecule has 0 spiro atoms. The van der Waals surface area contributed by atoms with Gasteiger partial charge in [-0.2, -0.15) is 4.80 Å². The molecule has 0 atom stereocenters. The van der Waals surface area contributed by atoms with Crippen molar-refractivity contribution in [3.05, 3.63) is 28.2 Å². The zero-order valence-electron chi connectivity index (χ0n) is 7.20. The van der Waals surface area contributed by atoms with Crippen LogP contribution in [0.3, 0.4) is 0 Å². The number of rotatable bonds is 1. The zero-order valence-corrected chi connectivity index (χ0v) is 8.71. The molecule has 2 aromatic rings. The molecule has 4 nitrogen and oxygen atoms in total. The van der Waals surface area contributed by atoms with Gasteiger partial charge >= 0.3 is 0 Å². The molecule has 0 saturated carbocycles. The van der Waals surface area contributed by atoms with Crippen molar-refractivity contribution in [3.8, 4) is 11.4 Å². The highest BCUT2D eigenvalue weighted by atomic mass is 35.5. The number of halogens is 2. The molecule has 71 valence electrons. The van der Waals surface area contributed by atoms with Gasteiger partial charge in [-0.1, -0.05) is 23.2 Å². The summed E-state index contributed by atoms with van der Waals surface area (Å²) in [5.41, 5.74) is 0.729. The Bertz CT molecular complexity index is 446. The molecule has 1 radical (unpaired) electrons. The second-order valence-electron chi connectivity index (χ2n) is 2.67. The molecule has 0 bridgehead atoms. The topological polar surface area (TPSA) is 43.6 Å². The predicted molar refractivity (Wildman–Crippen MR) is 53.1 cm³/mol. The monoisotopic (exact) mass is 227 g/mol. The van der Waals surface area contributed by atoms with Crippen molar-refractivity contribution in [2.45, 2.75) is 0 Å². The number of nitrogens with zero attached hydrogens (tertiary/aromatic N) is 4. The van der Waals surface area contributed by atoms with Crippen LogP contribution in [0.5, 0.6) is 0 Å². The van der Waals surface area contributed by atoms with E-state index in [0.29, 0.717) is 15.9 Å². The van der Waals surface area contributed by atoms with Gasteiger partial charge < -0.3 is 0 Å². The molecule has 0 unspecified atom stereocenters. The van der Waals surface area contributed by atoms with Crippen LogP contribution in [0.2, 0.25) is 10.0 Å². The first-order valence-corrected chi connectivity index (χ1v) is 4.53. The highest BCUT2D eigenvalue weighted by molar-refractivity contribution is 6.34. The molecule has 0 saturated heterocycles. The van der Waals surface area contributed by atoms with E-state index in [9.17, 15) is 0 Å². The van der Waals surface area contributed by atoms with Gasteiger partial charge in [0.15, 0.2) is 0 Å². The SMILES string of the molecule is Cn1nnc(-c2cc(Cl)[c]c(Cl)c2)n1. The molecule has 1 aromatic carbocycles. The molecular formula is C8H5Cl2N4. The predicted octanol–water partition coefficient (Wildman–Crippen LogP) is 1.98. The van der Waals surface area contributed by atoms with Crippen molar-refractivity contribution in [1.82, 2.24) is 20.2 Å². The lowest BCUT2D eigenvalue weighted by atomic mass is 10.2. The van der Waals surface area contributed by atoms with E-state index in [-0.39, 0.29) is 0 Å². The van der Waals surface area contributed by atoms with Crippen molar-refractivity contribution in [1.29, 1.82) is 0 Å². The highest BCUT2D eigenvalue weighted by Gasteiger charge is 2.06. The Kier molecular flexibility index (Phi) is 2.39. The molecule has 6 heteroatoms. The lowest BCUT2D eigenvalue weighted by Crippen LogP contribution is -1.91. The Morgan fingerprint density at radius 1 is 1.29 bits per heavy atom. The summed E-state index contributed by atoms with van der Waals surface area (Å²) in [7, 11) is 1.69. The highest BCUT2D eigenvalue weighted by Crippen LogP contribution is 2.23. The summed E-state index contributed by atoms with van der Waals surface area (Å²) in [6.07, 6.45) is 0. The number of benzene rings is 1. The van der Waals surface area contributed by atoms with Crippen LogP contribution in [0.25, 0.3) is 11.4 Å². The zero-order chi connectivity index (χ0) is 10.1. The third-order valence-corrected chi connectivity index (χ3v) is 1.98. The molecule has 0 aliphatic heterocycles. The van der Waals surface area contributed by atoms with Crippen LogP contribution in [0, 0.1) is 6.07 Å². The molecule has 2 rings (SSSR count). The van der Waals surface area contributed by atoms with Crippen LogP contribution in [0.1, 0.15) is 0 Å². The second-order valence-corrected chi connectivity index (χ2v) is 3.48. The lowest BCUT2D eigenvalue weighted by Gasteiger charge is -1.96. The summed E-state index contributed by atoms with van der Waals surface area (Å²) >= 11 is 11.6. The maximum atomic E-state index is 5.78. The van der Waals surface area contributed by atoms with E-state index in [1.165, 1.54) is 4.80 Å². The van der Waals surface area contributed by atoms with Gasteiger partial charge in [0.05, 0.1) is 17.1 Å². The summed E-state index contributed by atoms with van der Waals surface area (Å²) in [6.45, 7) is 0. The minimum absolute atomic E-state index is 0.431. The van der Waals surface area contributed by atoms with Crippen molar-refractivity contribution in [2.24, 2.45) is 7.05 Å². The number of aryl methyl sites for hydroxylation is 1. The van der Waals surface area contributed by atoms with Crippen molar-refractivity contribution < 1.29 is 0 Å². The first kappa shape index (κ1) is 9.43. The normalized spacial score (nSPS) is 10.5. The lowest BCUT2D eigenvalue weighted by molar-refractivity contribution is 0.630. The summed E-state index contributed by atoms with van der Waals surface area (Å²) in [6, 6.07) is 6.11. The molecule has 0 amide bonds. The molecule has 14 heavy (non-hydrogen) atoms. The van der Waals surface area contributed by atoms with Crippen molar-refractivity contribution in [2.75, 3.05) is 0 Å². The van der Waals surface area contributed by atoms with Gasteiger partial charge in [-0.25, -0.2) is 0 Å². The van der Waals surface area contributed by atoms with E-state index in [0.717, 1.165) is 5.56 Å². The molecular weight excluding hydrogens is 223 g/mol. The number of hydrogen-bond donors (Lipinski definition) is 0. The van der Waals surface area contributed by atoms with Crippen molar-refractivity contribution >= 4 is 23.2 Å². The maximum absolute atomic E-state index is 5.78. The second kappa shape index (κ2) is 3.55. The van der Waals surface area contributed by atoms with Crippen LogP contribution in [-0.2, 0) is 7.05 Å². The van der Waals surface area contributed by atoms with E-state index in [4.69, 9.17) is 23.2 Å². The Morgan fingerprint density at radius 3 is 2.43 bits per heavy atom. The van der Waals surface area contributed by atoms with Crippen molar-refractivity contribution in [3.63, 3.8) is 0 Å². The van der Waals surface area contributed by atoms with E-state index in [2.05, 4.69) is 21.5 Å². The number of hydrogen-bond acceptors (Lipinski definition) is 3. The summed E-state index contributed by atoms with van der Waals surface area (Å²) in [5, 5.41) is 12.4. The van der Waals surface area contributed by atoms with E-state index < -0.39 is 0 Å². The van der Waals surface area contributed by atoms with Crippen LogP contribution in [0.4, 0.5) is 0 Å². The van der Waals surface area contributed by atoms with Crippen LogP contribution in [-0.4, -0.2) is 20.2 Å². The van der Waals surface area contributed by atoms with Crippen LogP contribution >= 0.6 is 23.2 Å². The van der Waals surface area contributed by atoms with Gasteiger partial charge in [-0.15, -0.1) is 10.2 Å². The fraction of sp³-hybridized carbons (Fsp3) is 0.125. The number of aromatic nitrogens is 4. The minimum atomic E-state index is 0.431. The van der Waals surface area contributed by atoms with Gasteiger partial charge in [0.2, 0.25) is 5.82 Å². The molecule has 1 heterocycles. The Hall–Kier alpha value is -1.13. The van der Waals surface area contributed by atoms with Crippen LogP contribution < -0.4 is 0 Å². The van der Waals surface area contributed by atoms with E-state index in [1.807, 2.05) is 0 Å². The Balaban J connectivity index is 2.51. The molecule has 0 fully saturated rings. The average molecular weight is 228 g/mol. The summed E-state index contributed by atoms with van der Waals surface area (Å²) < 4.78 is 0. The number of tetrazole rings is 1. The largest absolute Gasteiger partial charge is 0.205 e. The first-order valence-electron chi connectivity index (χ1n) is 3.78. The quantitative estimate of drug-likeness (QED) is 0.749. The average Bonchev–Trinajstić information content (AvgIpc) is 2.50. The standard InChI is InChI=1S/C8H5Cl2N4/c1-14-12-8(11-13-14)5-2-6(9)4-7(10)3-5/h2-3H,1H3. The van der Waals surface area contributed by atoms with Gasteiger partial charge in [0.1, 0.15) is 0 Å². The first-order chi connectivity index (χ1) is 6.65. The maximum Gasteiger partial charge on any atom is 0.205 e. The smallest absolute Gasteiger partial charge is 0.167 e. The van der Waals surface area contributed by atoms with Crippen LogP contribution in [0.15, 0.2) is 12.1 Å². The van der Waals surface area contributed by atoms with E-state index in [1.54, 1.807) is 19.2 Å². The van der Waals surface area contributed by atoms with Gasteiger partial charge in [-0.3, -0.25) is 0 Å².